The summed E-state index contributed by atoms with van der Waals surface area (Å²) >= 11 is 0. The van der Waals surface area contributed by atoms with E-state index in [0.717, 1.165) is 0 Å². The van der Waals surface area contributed by atoms with E-state index in [9.17, 15) is 0 Å². The Morgan fingerprint density at radius 3 is 0.524 bits per heavy atom. The number of hydrogen-bond donors (Lipinski definition) is 3. The summed E-state index contributed by atoms with van der Waals surface area (Å²) in [7, 11) is -19.5. The minimum absolute atomic E-state index is 0. The summed E-state index contributed by atoms with van der Waals surface area (Å²) in [5, 5.41) is 0. The van der Waals surface area contributed by atoms with Crippen LogP contribution >= 0.6 is 7.82 Å². The summed E-state index contributed by atoms with van der Waals surface area (Å²) in [5.41, 5.74) is 0. The molecule has 0 heterocycles. The Morgan fingerprint density at radius 1 is 0.524 bits per heavy atom. The molecule has 0 saturated carbocycles. The van der Waals surface area contributed by atoms with Crippen molar-refractivity contribution in [3.05, 3.63) is 0 Å². The van der Waals surface area contributed by atoms with Gasteiger partial charge in [-0.3, -0.25) is 0 Å². The fourth-order valence-corrected chi connectivity index (χ4v) is 0. The summed E-state index contributed by atoms with van der Waals surface area (Å²) in [5.74, 6) is 0. The van der Waals surface area contributed by atoms with Crippen molar-refractivity contribution < 1.29 is 123 Å². The van der Waals surface area contributed by atoms with Crippen LogP contribution in [0.2, 0.25) is 0 Å². The van der Waals surface area contributed by atoms with Gasteiger partial charge in [-0.2, -0.15) is 0 Å². The van der Waals surface area contributed by atoms with E-state index in [0.29, 0.717) is 0 Å². The minimum atomic E-state index is -4.94. The van der Waals surface area contributed by atoms with Gasteiger partial charge in [-0.25, -0.2) is 60.5 Å². The van der Waals surface area contributed by atoms with Gasteiger partial charge in [0.15, 0.2) is 0 Å². The largest absolute Gasteiger partial charge is 3.00 e. The average Bonchev–Trinajstić information content (AvgIpc) is 1.62. The topological polar surface area (TPSA) is 354 Å². The maximum atomic E-state index is 8.88. The molecule has 0 unspecified atom stereocenters. The van der Waals surface area contributed by atoms with Crippen molar-refractivity contribution in [3.63, 3.8) is 0 Å². The van der Waals surface area contributed by atoms with Crippen LogP contribution in [0.15, 0.2) is 0 Å². The van der Waals surface area contributed by atoms with Gasteiger partial charge >= 0.3 is 24.9 Å². The van der Waals surface area contributed by atoms with Crippen LogP contribution in [0, 0.1) is 30.7 Å². The van der Waals surface area contributed by atoms with Gasteiger partial charge in [-0.05, 0) is 0 Å². The first-order valence-corrected chi connectivity index (χ1v) is 7.90. The fraction of sp³-hybridized carbons (Fsp3) is 0. The molecular formula is H3Cl3FeO16P. The Labute approximate surface area is 131 Å². The van der Waals surface area contributed by atoms with Crippen LogP contribution in [0.4, 0.5) is 0 Å². The second kappa shape index (κ2) is 13.5. The average molecular weight is 452 g/mol. The minimum Gasteiger partial charge on any atom is -0.303 e. The van der Waals surface area contributed by atoms with Gasteiger partial charge in [0, 0.05) is 0 Å². The molecule has 0 spiro atoms. The van der Waals surface area contributed by atoms with E-state index in [2.05, 4.69) is 0 Å². The Morgan fingerprint density at radius 2 is 0.524 bits per heavy atom. The first kappa shape index (κ1) is 33.6. The maximum absolute atomic E-state index is 8.88. The predicted molar refractivity (Wildman–Crippen MR) is 14.3 cm³/mol. The normalized spacial score (nSPS) is 11.4. The van der Waals surface area contributed by atoms with Gasteiger partial charge < -0.3 is 14.7 Å². The molecule has 1 radical (unpaired) electrons. The van der Waals surface area contributed by atoms with Crippen molar-refractivity contribution in [1.82, 2.24) is 0 Å². The number of rotatable bonds is 0. The van der Waals surface area contributed by atoms with Gasteiger partial charge in [-0.15, -0.1) is 30.7 Å². The molecule has 0 fully saturated rings. The first-order chi connectivity index (χ1) is 8.00. The quantitative estimate of drug-likeness (QED) is 0.227. The van der Waals surface area contributed by atoms with E-state index < -0.39 is 38.6 Å². The van der Waals surface area contributed by atoms with Crippen LogP contribution in [-0.2, 0) is 21.6 Å². The van der Waals surface area contributed by atoms with E-state index in [1.807, 2.05) is 0 Å². The zero-order valence-electron chi connectivity index (χ0n) is 8.58. The molecule has 0 rings (SSSR count). The monoisotopic (exact) mass is 451 g/mol. The van der Waals surface area contributed by atoms with E-state index in [4.69, 9.17) is 75.2 Å². The number of halogens is 3. The number of phosphoric acid groups is 1. The molecule has 21 heavy (non-hydrogen) atoms. The molecule has 0 amide bonds. The van der Waals surface area contributed by atoms with Crippen molar-refractivity contribution in [1.29, 1.82) is 0 Å². The standard InChI is InChI=1S/3ClHO4.Fe.H3O4P/c3*2-1(3,4)5;;1-5(2,3)4/h3*(H,2,3,4,5);;(H3,1,2,3,4)/q;;;+3;/p-3. The van der Waals surface area contributed by atoms with Crippen molar-refractivity contribution in [2.24, 2.45) is 0 Å². The van der Waals surface area contributed by atoms with Gasteiger partial charge in [0.2, 0.25) is 0 Å². The molecule has 16 nitrogen and oxygen atoms in total. The SMILES string of the molecule is O=P(O)(O)O.[Fe+3].[O-][Cl+3]([O-])([O-])[O-].[O-][Cl+3]([O-])([O-])[O-].[O-][Cl+3]([O-])([O-])[O-]. The fourth-order valence-electron chi connectivity index (χ4n) is 0. The van der Waals surface area contributed by atoms with Gasteiger partial charge in [0.05, 0.1) is 0 Å². The predicted octanol–water partition coefficient (Wildman–Crippen LogP) is -15.2. The molecule has 133 valence electrons. The summed E-state index contributed by atoms with van der Waals surface area (Å²) in [4.78, 5) is 21.6. The van der Waals surface area contributed by atoms with E-state index in [1.54, 1.807) is 0 Å². The molecule has 0 bridgehead atoms. The molecule has 0 aliphatic heterocycles. The second-order valence-corrected chi connectivity index (χ2v) is 4.94. The molecule has 0 aromatic rings. The van der Waals surface area contributed by atoms with Crippen molar-refractivity contribution in [2.75, 3.05) is 0 Å². The van der Waals surface area contributed by atoms with Crippen molar-refractivity contribution in [2.45, 2.75) is 0 Å². The third kappa shape index (κ3) is 7320. The third-order valence-corrected chi connectivity index (χ3v) is 0. The molecule has 0 aliphatic carbocycles. The molecule has 0 aromatic carbocycles. The molecule has 0 saturated heterocycles. The van der Waals surface area contributed by atoms with Crippen LogP contribution in [0.3, 0.4) is 0 Å². The molecular weight excluding hydrogens is 449 g/mol. The number of hydrogen-bond acceptors (Lipinski definition) is 13. The smallest absolute Gasteiger partial charge is 0.303 e. The van der Waals surface area contributed by atoms with E-state index in [1.165, 1.54) is 0 Å². The molecule has 3 N–H and O–H groups in total. The van der Waals surface area contributed by atoms with Gasteiger partial charge in [-0.1, -0.05) is 0 Å². The van der Waals surface area contributed by atoms with Crippen molar-refractivity contribution >= 4 is 7.82 Å². The first-order valence-electron chi connectivity index (χ1n) is 2.63. The van der Waals surface area contributed by atoms with Crippen LogP contribution in [-0.4, -0.2) is 14.7 Å². The van der Waals surface area contributed by atoms with Crippen LogP contribution < -0.4 is 55.9 Å². The van der Waals surface area contributed by atoms with Crippen LogP contribution in [0.25, 0.3) is 0 Å². The Bertz CT molecular complexity index is 197. The van der Waals surface area contributed by atoms with E-state index in [-0.39, 0.29) is 17.1 Å². The Hall–Kier alpha value is 1.02. The maximum Gasteiger partial charge on any atom is 3.00 e. The third-order valence-electron chi connectivity index (χ3n) is 0. The second-order valence-electron chi connectivity index (χ2n) is 1.65. The summed E-state index contributed by atoms with van der Waals surface area (Å²) in [6.07, 6.45) is 0. The van der Waals surface area contributed by atoms with Crippen LogP contribution in [0.1, 0.15) is 0 Å². The molecule has 21 heteroatoms. The zero-order valence-corrected chi connectivity index (χ0v) is 12.8. The van der Waals surface area contributed by atoms with Crippen molar-refractivity contribution in [3.8, 4) is 0 Å². The molecule has 0 atom stereocenters. The zero-order chi connectivity index (χ0) is 18.0. The molecule has 0 aliphatic rings. The summed E-state index contributed by atoms with van der Waals surface area (Å²) < 4.78 is 111. The summed E-state index contributed by atoms with van der Waals surface area (Å²) in [6, 6.07) is 0. The van der Waals surface area contributed by atoms with Gasteiger partial charge in [0.25, 0.3) is 0 Å². The molecule has 0 aromatic heterocycles. The Kier molecular flexibility index (Phi) is 21.5. The van der Waals surface area contributed by atoms with Crippen LogP contribution in [0.5, 0.6) is 0 Å². The Balaban J connectivity index is -0.0000000533. The summed E-state index contributed by atoms with van der Waals surface area (Å²) in [6.45, 7) is 0. The van der Waals surface area contributed by atoms with Gasteiger partial charge in [0.1, 0.15) is 0 Å². The van der Waals surface area contributed by atoms with E-state index >= 15 is 0 Å².